The molecule has 0 saturated carbocycles. The molecule has 4 heterocycles. The summed E-state index contributed by atoms with van der Waals surface area (Å²) in [6, 6.07) is 3.87. The van der Waals surface area contributed by atoms with E-state index in [0.717, 1.165) is 25.3 Å². The number of thioether (sulfide) groups is 1. The van der Waals surface area contributed by atoms with Crippen molar-refractivity contribution in [3.05, 3.63) is 44.7 Å². The second kappa shape index (κ2) is 12.2. The van der Waals surface area contributed by atoms with Crippen LogP contribution in [0, 0.1) is 6.92 Å². The zero-order valence-corrected chi connectivity index (χ0v) is 25.1. The molecular formula is C27H37N5O5S2. The van der Waals surface area contributed by atoms with Gasteiger partial charge in [0, 0.05) is 37.4 Å². The predicted octanol–water partition coefficient (Wildman–Crippen LogP) is 3.66. The molecule has 2 saturated heterocycles. The number of aryl methyl sites for hydroxylation is 1. The molecule has 12 heteroatoms. The van der Waals surface area contributed by atoms with Crippen molar-refractivity contribution in [1.29, 1.82) is 0 Å². The van der Waals surface area contributed by atoms with E-state index in [4.69, 9.17) is 31.8 Å². The first kappa shape index (κ1) is 30.7. The Hall–Kier alpha value is -2.80. The lowest BCUT2D eigenvalue weighted by molar-refractivity contribution is -0.134. The Kier molecular flexibility index (Phi) is 9.58. The van der Waals surface area contributed by atoms with Crippen LogP contribution in [0.15, 0.2) is 28.0 Å². The fourth-order valence-corrected chi connectivity index (χ4v) is 6.41. The van der Waals surface area contributed by atoms with Crippen LogP contribution in [0.1, 0.15) is 58.6 Å². The highest BCUT2D eigenvalue weighted by atomic mass is 32.2. The number of nitrogens with zero attached hydrogens (tertiary/aromatic N) is 3. The number of hydrogen-bond acceptors (Lipinski definition) is 9. The molecule has 0 radical (unpaired) electrons. The van der Waals surface area contributed by atoms with Crippen LogP contribution >= 0.6 is 24.0 Å². The molecule has 0 atom stereocenters. The van der Waals surface area contributed by atoms with E-state index in [2.05, 4.69) is 38.3 Å². The molecule has 4 rings (SSSR count). The number of pyridine rings is 1. The summed E-state index contributed by atoms with van der Waals surface area (Å²) in [5.41, 5.74) is 1.48. The van der Waals surface area contributed by atoms with Crippen LogP contribution in [-0.4, -0.2) is 73.0 Å². The second-order valence-electron chi connectivity index (χ2n) is 11.1. The van der Waals surface area contributed by atoms with E-state index in [0.29, 0.717) is 39.4 Å². The molecule has 212 valence electrons. The smallest absolute Gasteiger partial charge is 0.300 e. The molecule has 0 aromatic carbocycles. The number of anilines is 1. The fourth-order valence-electron chi connectivity index (χ4n) is 5.12. The Morgan fingerprint density at radius 1 is 1.28 bits per heavy atom. The highest BCUT2D eigenvalue weighted by molar-refractivity contribution is 8.26. The minimum atomic E-state index is -0.833. The standard InChI is InChI=1S/C25H33N5O3S2.C2H4O2/c1-15-7-8-19-27-20(26-16-12-24(2,3)28-25(4,5)13-16)17(21(31)30(19)14-15)11-18-22(32)29(9-10-33-6)23(34)35-18;1-2(3)4/h7-8,11,14,16,26,28H,9-10,12-13H2,1-6H3;1H3,(H,3,4)/b18-11-;. The molecule has 10 nitrogen and oxygen atoms in total. The molecule has 2 aromatic rings. The quantitative estimate of drug-likeness (QED) is 0.347. The van der Waals surface area contributed by atoms with Crippen molar-refractivity contribution in [3.63, 3.8) is 0 Å². The van der Waals surface area contributed by atoms with Crippen LogP contribution in [0.3, 0.4) is 0 Å². The fraction of sp³-hybridized carbons (Fsp3) is 0.519. The van der Waals surface area contributed by atoms with E-state index in [9.17, 15) is 9.59 Å². The van der Waals surface area contributed by atoms with Crippen LogP contribution < -0.4 is 16.2 Å². The number of rotatable bonds is 6. The highest BCUT2D eigenvalue weighted by Gasteiger charge is 2.38. The largest absolute Gasteiger partial charge is 0.481 e. The van der Waals surface area contributed by atoms with E-state index in [-0.39, 0.29) is 28.6 Å². The van der Waals surface area contributed by atoms with E-state index < -0.39 is 5.97 Å². The highest BCUT2D eigenvalue weighted by Crippen LogP contribution is 2.34. The Bertz CT molecular complexity index is 1350. The number of fused-ring (bicyclic) bond motifs is 1. The molecule has 1 amide bonds. The maximum atomic E-state index is 13.7. The zero-order chi connectivity index (χ0) is 29.1. The van der Waals surface area contributed by atoms with Crippen molar-refractivity contribution < 1.29 is 19.4 Å². The normalized spacial score (nSPS) is 19.8. The Labute approximate surface area is 238 Å². The predicted molar refractivity (Wildman–Crippen MR) is 159 cm³/mol. The van der Waals surface area contributed by atoms with Crippen LogP contribution in [0.5, 0.6) is 0 Å². The van der Waals surface area contributed by atoms with Gasteiger partial charge in [0.1, 0.15) is 15.8 Å². The first-order valence-corrected chi connectivity index (χ1v) is 13.9. The zero-order valence-electron chi connectivity index (χ0n) is 23.5. The summed E-state index contributed by atoms with van der Waals surface area (Å²) < 4.78 is 7.10. The summed E-state index contributed by atoms with van der Waals surface area (Å²) in [5, 5.41) is 14.7. The Balaban J connectivity index is 0.000000983. The van der Waals surface area contributed by atoms with Crippen LogP contribution in [0.2, 0.25) is 0 Å². The van der Waals surface area contributed by atoms with Gasteiger partial charge in [0.15, 0.2) is 0 Å². The average Bonchev–Trinajstić information content (AvgIpc) is 3.05. The summed E-state index contributed by atoms with van der Waals surface area (Å²) in [5.74, 6) is -0.569. The van der Waals surface area contributed by atoms with Crippen molar-refractivity contribution in [2.24, 2.45) is 0 Å². The number of piperidine rings is 1. The van der Waals surface area contributed by atoms with Crippen molar-refractivity contribution in [3.8, 4) is 0 Å². The number of methoxy groups -OCH3 is 1. The van der Waals surface area contributed by atoms with Gasteiger partial charge in [-0.1, -0.05) is 30.0 Å². The number of carbonyl (C=O) groups is 2. The summed E-state index contributed by atoms with van der Waals surface area (Å²) in [4.78, 5) is 42.5. The molecule has 2 aromatic heterocycles. The van der Waals surface area contributed by atoms with E-state index >= 15 is 0 Å². The lowest BCUT2D eigenvalue weighted by Gasteiger charge is -2.46. The van der Waals surface area contributed by atoms with E-state index in [1.54, 1.807) is 19.4 Å². The number of amides is 1. The summed E-state index contributed by atoms with van der Waals surface area (Å²) in [7, 11) is 1.58. The Morgan fingerprint density at radius 2 is 1.90 bits per heavy atom. The third-order valence-corrected chi connectivity index (χ3v) is 7.58. The lowest BCUT2D eigenvalue weighted by atomic mass is 9.79. The van der Waals surface area contributed by atoms with E-state index in [1.807, 2.05) is 19.1 Å². The van der Waals surface area contributed by atoms with Crippen LogP contribution in [0.4, 0.5) is 5.82 Å². The van der Waals surface area contributed by atoms with Gasteiger partial charge in [-0.25, -0.2) is 4.98 Å². The molecular weight excluding hydrogens is 538 g/mol. The number of aromatic nitrogens is 2. The maximum absolute atomic E-state index is 13.7. The second-order valence-corrected chi connectivity index (χ2v) is 12.8. The number of carbonyl (C=O) groups excluding carboxylic acids is 1. The van der Waals surface area contributed by atoms with Gasteiger partial charge in [-0.2, -0.15) is 0 Å². The van der Waals surface area contributed by atoms with Crippen molar-refractivity contribution in [2.45, 2.75) is 71.5 Å². The molecule has 39 heavy (non-hydrogen) atoms. The number of ether oxygens (including phenoxy) is 1. The third-order valence-electron chi connectivity index (χ3n) is 6.20. The number of nitrogens with one attached hydrogen (secondary N) is 2. The molecule has 0 spiro atoms. The van der Waals surface area contributed by atoms with Gasteiger partial charge in [0.05, 0.1) is 23.6 Å². The molecule has 2 aliphatic rings. The van der Waals surface area contributed by atoms with Gasteiger partial charge in [0.25, 0.3) is 17.4 Å². The average molecular weight is 576 g/mol. The molecule has 0 unspecified atom stereocenters. The Morgan fingerprint density at radius 3 is 2.49 bits per heavy atom. The monoisotopic (exact) mass is 575 g/mol. The maximum Gasteiger partial charge on any atom is 0.300 e. The first-order valence-electron chi connectivity index (χ1n) is 12.7. The first-order chi connectivity index (χ1) is 18.1. The summed E-state index contributed by atoms with van der Waals surface area (Å²) >= 11 is 6.61. The van der Waals surface area contributed by atoms with Gasteiger partial charge in [-0.3, -0.25) is 23.7 Å². The molecule has 0 bridgehead atoms. The van der Waals surface area contributed by atoms with Crippen molar-refractivity contribution in [2.75, 3.05) is 25.6 Å². The lowest BCUT2D eigenvalue weighted by Crippen LogP contribution is -2.60. The van der Waals surface area contributed by atoms with Crippen molar-refractivity contribution in [1.82, 2.24) is 19.6 Å². The molecule has 3 N–H and O–H groups in total. The third kappa shape index (κ3) is 7.87. The number of carboxylic acid groups (broad SMARTS) is 1. The molecule has 0 aliphatic carbocycles. The molecule has 2 aliphatic heterocycles. The van der Waals surface area contributed by atoms with Gasteiger partial charge in [0.2, 0.25) is 0 Å². The van der Waals surface area contributed by atoms with Crippen LogP contribution in [0.25, 0.3) is 11.7 Å². The summed E-state index contributed by atoms with van der Waals surface area (Å²) in [6.45, 7) is 12.5. The van der Waals surface area contributed by atoms with Crippen molar-refractivity contribution >= 4 is 57.7 Å². The summed E-state index contributed by atoms with van der Waals surface area (Å²) in [6.07, 6.45) is 5.14. The molecule has 2 fully saturated rings. The topological polar surface area (TPSA) is 125 Å². The van der Waals surface area contributed by atoms with Crippen LogP contribution in [-0.2, 0) is 14.3 Å². The number of aliphatic carboxylic acids is 1. The van der Waals surface area contributed by atoms with Gasteiger partial charge in [-0.15, -0.1) is 0 Å². The van der Waals surface area contributed by atoms with Gasteiger partial charge < -0.3 is 20.5 Å². The number of thiocarbonyl (C=S) groups is 1. The van der Waals surface area contributed by atoms with Gasteiger partial charge >= 0.3 is 0 Å². The SMILES string of the molecule is CC(=O)O.COCCN1C(=O)/C(=C/c2c(NC3CC(C)(C)NC(C)(C)C3)nc3ccc(C)cn3c2=O)SC1=S. The minimum absolute atomic E-state index is 0.0770. The van der Waals surface area contributed by atoms with Gasteiger partial charge in [-0.05, 0) is 65.2 Å². The number of hydrogen-bond donors (Lipinski definition) is 3. The van der Waals surface area contributed by atoms with E-state index in [1.165, 1.54) is 21.1 Å². The number of carboxylic acids is 1. The minimum Gasteiger partial charge on any atom is -0.481 e.